The molecule has 0 aliphatic carbocycles. The van der Waals surface area contributed by atoms with E-state index < -0.39 is 0 Å². The number of ether oxygens (including phenoxy) is 2. The van der Waals surface area contributed by atoms with Gasteiger partial charge in [0.2, 0.25) is 0 Å². The van der Waals surface area contributed by atoms with Crippen LogP contribution in [0.4, 0.5) is 4.79 Å². The number of carbonyl (C=O) groups is 2. The molecule has 0 bridgehead atoms. The molecule has 2 rings (SSSR count). The van der Waals surface area contributed by atoms with Crippen molar-refractivity contribution in [1.82, 2.24) is 9.80 Å². The molecule has 1 aliphatic rings. The van der Waals surface area contributed by atoms with Gasteiger partial charge >= 0.3 is 6.09 Å². The number of nitrogens with zero attached hydrogens (tertiary/aromatic N) is 2. The molecule has 0 unspecified atom stereocenters. The van der Waals surface area contributed by atoms with Gasteiger partial charge in [0, 0.05) is 31.2 Å². The largest absolute Gasteiger partial charge is 0.484 e. The Labute approximate surface area is 147 Å². The maximum atomic E-state index is 12.2. The Kier molecular flexibility index (Phi) is 7.18. The molecule has 0 N–H and O–H groups in total. The topological polar surface area (TPSA) is 59.1 Å². The smallest absolute Gasteiger partial charge is 0.409 e. The van der Waals surface area contributed by atoms with Crippen molar-refractivity contribution in [1.29, 1.82) is 0 Å². The summed E-state index contributed by atoms with van der Waals surface area (Å²) >= 11 is 5.80. The fraction of sp³-hybridized carbons (Fsp3) is 0.529. The van der Waals surface area contributed by atoms with Crippen molar-refractivity contribution < 1.29 is 19.1 Å². The first-order valence-electron chi connectivity index (χ1n) is 8.18. The first kappa shape index (κ1) is 18.4. The fourth-order valence-electron chi connectivity index (χ4n) is 2.30. The van der Waals surface area contributed by atoms with Crippen LogP contribution < -0.4 is 4.74 Å². The normalized spacial score (nSPS) is 14.4. The highest BCUT2D eigenvalue weighted by Crippen LogP contribution is 2.15. The summed E-state index contributed by atoms with van der Waals surface area (Å²) in [5.41, 5.74) is 0. The second-order valence-electron chi connectivity index (χ2n) is 5.58. The highest BCUT2D eigenvalue weighted by atomic mass is 35.5. The highest BCUT2D eigenvalue weighted by Gasteiger charge is 2.25. The van der Waals surface area contributed by atoms with E-state index >= 15 is 0 Å². The van der Waals surface area contributed by atoms with Crippen LogP contribution in [-0.4, -0.2) is 61.2 Å². The predicted molar refractivity (Wildman–Crippen MR) is 91.4 cm³/mol. The number of piperazine rings is 1. The third kappa shape index (κ3) is 5.60. The third-order valence-corrected chi connectivity index (χ3v) is 4.04. The molecular formula is C17H23ClN2O4. The Morgan fingerprint density at radius 3 is 2.33 bits per heavy atom. The molecule has 0 radical (unpaired) electrons. The van der Waals surface area contributed by atoms with E-state index in [0.717, 1.165) is 12.8 Å². The van der Waals surface area contributed by atoms with E-state index in [4.69, 9.17) is 21.1 Å². The van der Waals surface area contributed by atoms with Crippen LogP contribution in [0.1, 0.15) is 19.8 Å². The molecule has 1 saturated heterocycles. The lowest BCUT2D eigenvalue weighted by molar-refractivity contribution is -0.134. The van der Waals surface area contributed by atoms with Gasteiger partial charge in [-0.15, -0.1) is 0 Å². The van der Waals surface area contributed by atoms with Crippen molar-refractivity contribution >= 4 is 23.6 Å². The second-order valence-corrected chi connectivity index (χ2v) is 6.01. The summed E-state index contributed by atoms with van der Waals surface area (Å²) in [6.45, 7) is 4.42. The lowest BCUT2D eigenvalue weighted by Gasteiger charge is -2.34. The maximum Gasteiger partial charge on any atom is 0.409 e. The van der Waals surface area contributed by atoms with Crippen molar-refractivity contribution in [2.75, 3.05) is 39.4 Å². The average molecular weight is 355 g/mol. The molecule has 24 heavy (non-hydrogen) atoms. The van der Waals surface area contributed by atoms with Gasteiger partial charge in [-0.05, 0) is 30.7 Å². The Morgan fingerprint density at radius 1 is 1.08 bits per heavy atom. The lowest BCUT2D eigenvalue weighted by Crippen LogP contribution is -2.51. The van der Waals surface area contributed by atoms with Gasteiger partial charge in [0.05, 0.1) is 6.61 Å². The van der Waals surface area contributed by atoms with Crippen molar-refractivity contribution in [3.05, 3.63) is 29.3 Å². The maximum absolute atomic E-state index is 12.2. The average Bonchev–Trinajstić information content (AvgIpc) is 2.61. The summed E-state index contributed by atoms with van der Waals surface area (Å²) in [4.78, 5) is 27.4. The monoisotopic (exact) mass is 354 g/mol. The van der Waals surface area contributed by atoms with E-state index in [9.17, 15) is 9.59 Å². The molecule has 2 amide bonds. The van der Waals surface area contributed by atoms with Gasteiger partial charge in [0.15, 0.2) is 6.61 Å². The van der Waals surface area contributed by atoms with Gasteiger partial charge in [-0.25, -0.2) is 4.79 Å². The number of amides is 2. The standard InChI is InChI=1S/C17H23ClN2O4/c1-2-3-12-23-17(22)20-10-8-19(9-11-20)16(21)13-24-15-6-4-14(18)5-7-15/h4-7H,2-3,8-13H2,1H3. The number of halogens is 1. The first-order valence-corrected chi connectivity index (χ1v) is 8.55. The Morgan fingerprint density at radius 2 is 1.71 bits per heavy atom. The summed E-state index contributed by atoms with van der Waals surface area (Å²) in [6.07, 6.45) is 1.56. The summed E-state index contributed by atoms with van der Waals surface area (Å²) in [6, 6.07) is 6.87. The molecule has 0 saturated carbocycles. The predicted octanol–water partition coefficient (Wildman–Crippen LogP) is 2.80. The summed E-state index contributed by atoms with van der Waals surface area (Å²) in [5.74, 6) is 0.509. The molecule has 1 aliphatic heterocycles. The number of unbranched alkanes of at least 4 members (excludes halogenated alkanes) is 1. The number of hydrogen-bond donors (Lipinski definition) is 0. The zero-order valence-corrected chi connectivity index (χ0v) is 14.6. The van der Waals surface area contributed by atoms with Crippen LogP contribution in [-0.2, 0) is 9.53 Å². The molecule has 1 fully saturated rings. The van der Waals surface area contributed by atoms with E-state index in [0.29, 0.717) is 43.6 Å². The van der Waals surface area contributed by atoms with E-state index in [1.807, 2.05) is 6.92 Å². The summed E-state index contributed by atoms with van der Waals surface area (Å²) < 4.78 is 10.6. The van der Waals surface area contributed by atoms with Gasteiger partial charge in [0.25, 0.3) is 5.91 Å². The Bertz CT molecular complexity index is 542. The van der Waals surface area contributed by atoms with Crippen molar-refractivity contribution in [2.24, 2.45) is 0 Å². The van der Waals surface area contributed by atoms with Crippen LogP contribution in [0, 0.1) is 0 Å². The SMILES string of the molecule is CCCCOC(=O)N1CCN(C(=O)COc2ccc(Cl)cc2)CC1. The zero-order valence-electron chi connectivity index (χ0n) is 13.9. The minimum absolute atomic E-state index is 0.0252. The molecule has 0 spiro atoms. The van der Waals surface area contributed by atoms with E-state index in [-0.39, 0.29) is 18.6 Å². The number of rotatable bonds is 6. The van der Waals surface area contributed by atoms with Gasteiger partial charge in [-0.1, -0.05) is 24.9 Å². The first-order chi connectivity index (χ1) is 11.6. The van der Waals surface area contributed by atoms with E-state index in [1.165, 1.54) is 0 Å². The molecule has 1 heterocycles. The Balaban J connectivity index is 1.70. The summed E-state index contributed by atoms with van der Waals surface area (Å²) in [7, 11) is 0. The van der Waals surface area contributed by atoms with E-state index in [1.54, 1.807) is 34.1 Å². The van der Waals surface area contributed by atoms with Crippen molar-refractivity contribution in [3.8, 4) is 5.75 Å². The molecular weight excluding hydrogens is 332 g/mol. The molecule has 1 aromatic carbocycles. The highest BCUT2D eigenvalue weighted by molar-refractivity contribution is 6.30. The molecule has 1 aromatic rings. The van der Waals surface area contributed by atoms with Crippen LogP contribution in [0.5, 0.6) is 5.75 Å². The Hall–Kier alpha value is -1.95. The molecule has 0 atom stereocenters. The minimum atomic E-state index is -0.298. The van der Waals surface area contributed by atoms with Gasteiger partial charge < -0.3 is 19.3 Å². The molecule has 6 nitrogen and oxygen atoms in total. The third-order valence-electron chi connectivity index (χ3n) is 3.79. The van der Waals surface area contributed by atoms with Crippen molar-refractivity contribution in [3.63, 3.8) is 0 Å². The second kappa shape index (κ2) is 9.37. The lowest BCUT2D eigenvalue weighted by atomic mass is 10.3. The number of benzene rings is 1. The minimum Gasteiger partial charge on any atom is -0.484 e. The number of hydrogen-bond acceptors (Lipinski definition) is 4. The van der Waals surface area contributed by atoms with Crippen LogP contribution >= 0.6 is 11.6 Å². The number of carbonyl (C=O) groups excluding carboxylic acids is 2. The van der Waals surface area contributed by atoms with Crippen LogP contribution in [0.15, 0.2) is 24.3 Å². The van der Waals surface area contributed by atoms with E-state index in [2.05, 4.69) is 0 Å². The molecule has 0 aromatic heterocycles. The van der Waals surface area contributed by atoms with Crippen LogP contribution in [0.25, 0.3) is 0 Å². The summed E-state index contributed by atoms with van der Waals surface area (Å²) in [5, 5.41) is 0.621. The zero-order chi connectivity index (χ0) is 17.4. The van der Waals surface area contributed by atoms with Crippen molar-refractivity contribution in [2.45, 2.75) is 19.8 Å². The molecule has 7 heteroatoms. The fourth-order valence-corrected chi connectivity index (χ4v) is 2.43. The van der Waals surface area contributed by atoms with Crippen LogP contribution in [0.3, 0.4) is 0 Å². The quantitative estimate of drug-likeness (QED) is 0.737. The van der Waals surface area contributed by atoms with Gasteiger partial charge in [0.1, 0.15) is 5.75 Å². The van der Waals surface area contributed by atoms with Gasteiger partial charge in [-0.2, -0.15) is 0 Å². The molecule has 132 valence electrons. The van der Waals surface area contributed by atoms with Crippen LogP contribution in [0.2, 0.25) is 5.02 Å². The van der Waals surface area contributed by atoms with Gasteiger partial charge in [-0.3, -0.25) is 4.79 Å².